The smallest absolute Gasteiger partial charge is 0.211 e. The number of piperazine rings is 1. The van der Waals surface area contributed by atoms with Crippen LogP contribution in [0.25, 0.3) is 0 Å². The summed E-state index contributed by atoms with van der Waals surface area (Å²) in [5, 5.41) is 0. The Hall–Kier alpha value is -1.85. The van der Waals surface area contributed by atoms with Crippen molar-refractivity contribution < 1.29 is 21.2 Å². The maximum atomic E-state index is 13.1. The van der Waals surface area contributed by atoms with Crippen molar-refractivity contribution >= 4 is 19.9 Å². The number of piperidine rings is 1. The van der Waals surface area contributed by atoms with Gasteiger partial charge >= 0.3 is 0 Å². The molecule has 37 heavy (non-hydrogen) atoms. The fourth-order valence-electron chi connectivity index (χ4n) is 5.47. The molecule has 0 spiro atoms. The molecular formula is C27H38FN3O4S2. The Morgan fingerprint density at radius 2 is 1.49 bits per heavy atom. The van der Waals surface area contributed by atoms with Crippen molar-refractivity contribution in [3.8, 4) is 0 Å². The van der Waals surface area contributed by atoms with Gasteiger partial charge in [-0.15, -0.1) is 0 Å². The molecule has 0 aromatic heterocycles. The Morgan fingerprint density at radius 1 is 0.865 bits per heavy atom. The third-order valence-electron chi connectivity index (χ3n) is 7.76. The lowest BCUT2D eigenvalue weighted by molar-refractivity contribution is 0.110. The minimum absolute atomic E-state index is 0.0961. The van der Waals surface area contributed by atoms with E-state index in [0.29, 0.717) is 25.4 Å². The lowest BCUT2D eigenvalue weighted by Gasteiger charge is -2.40. The van der Waals surface area contributed by atoms with Gasteiger partial charge in [-0.1, -0.05) is 30.3 Å². The number of hydrogen-bond acceptors (Lipinski definition) is 6. The summed E-state index contributed by atoms with van der Waals surface area (Å²) < 4.78 is 63.8. The lowest BCUT2D eigenvalue weighted by Crippen LogP contribution is -2.49. The third-order valence-corrected chi connectivity index (χ3v) is 10.8. The monoisotopic (exact) mass is 551 g/mol. The van der Waals surface area contributed by atoms with Gasteiger partial charge < -0.3 is 4.90 Å². The maximum absolute atomic E-state index is 13.1. The van der Waals surface area contributed by atoms with Crippen molar-refractivity contribution in [3.63, 3.8) is 0 Å². The van der Waals surface area contributed by atoms with Crippen LogP contribution in [0.3, 0.4) is 0 Å². The van der Waals surface area contributed by atoms with Gasteiger partial charge in [0, 0.05) is 32.2 Å². The number of likely N-dealkylation sites (tertiary alicyclic amines) is 1. The average Bonchev–Trinajstić information content (AvgIpc) is 2.89. The van der Waals surface area contributed by atoms with E-state index in [1.54, 1.807) is 4.31 Å². The molecule has 2 aromatic rings. The minimum atomic E-state index is -3.39. The van der Waals surface area contributed by atoms with Crippen molar-refractivity contribution in [1.29, 1.82) is 0 Å². The Balaban J connectivity index is 1.27. The van der Waals surface area contributed by atoms with Gasteiger partial charge in [0.1, 0.15) is 5.82 Å². The van der Waals surface area contributed by atoms with E-state index < -0.39 is 25.7 Å². The lowest BCUT2D eigenvalue weighted by atomic mass is 9.93. The first-order valence-corrected chi connectivity index (χ1v) is 16.6. The molecule has 0 aliphatic carbocycles. The second-order valence-corrected chi connectivity index (χ2v) is 14.4. The standard InChI is InChI=1S/C27H38FN3O4S2/c1-36(32,33)31-20-18-30(19-21-31)27(24-5-3-2-4-6-24)13-17-29-15-11-23(12-16-29)14-22-37(34,35)26-9-7-25(28)8-10-26/h2-10,23,27H,11-22H2,1H3. The van der Waals surface area contributed by atoms with Crippen LogP contribution in [-0.4, -0.2) is 88.8 Å². The number of hydrogen-bond donors (Lipinski definition) is 0. The van der Waals surface area contributed by atoms with Crippen LogP contribution in [0.15, 0.2) is 59.5 Å². The molecule has 0 radical (unpaired) electrons. The highest BCUT2D eigenvalue weighted by atomic mass is 32.2. The van der Waals surface area contributed by atoms with Crippen LogP contribution in [0.2, 0.25) is 0 Å². The zero-order valence-corrected chi connectivity index (χ0v) is 23.1. The molecule has 7 nitrogen and oxygen atoms in total. The highest BCUT2D eigenvalue weighted by Crippen LogP contribution is 2.28. The van der Waals surface area contributed by atoms with Crippen molar-refractivity contribution in [3.05, 3.63) is 66.0 Å². The number of nitrogens with zero attached hydrogens (tertiary/aromatic N) is 3. The first-order chi connectivity index (χ1) is 17.6. The fourth-order valence-corrected chi connectivity index (χ4v) is 7.72. The van der Waals surface area contributed by atoms with Gasteiger partial charge in [-0.25, -0.2) is 21.2 Å². The second-order valence-electron chi connectivity index (χ2n) is 10.3. The van der Waals surface area contributed by atoms with Crippen LogP contribution >= 0.6 is 0 Å². The zero-order valence-electron chi connectivity index (χ0n) is 21.5. The van der Waals surface area contributed by atoms with E-state index in [1.165, 1.54) is 36.1 Å². The molecule has 204 valence electrons. The topological polar surface area (TPSA) is 78.0 Å². The highest BCUT2D eigenvalue weighted by Gasteiger charge is 2.29. The Kier molecular flexibility index (Phi) is 9.39. The van der Waals surface area contributed by atoms with E-state index in [1.807, 2.05) is 6.07 Å². The summed E-state index contributed by atoms with van der Waals surface area (Å²) in [6.07, 6.45) is 4.82. The summed E-state index contributed by atoms with van der Waals surface area (Å²) in [6.45, 7) is 5.33. The normalized spacial score (nSPS) is 20.2. The Morgan fingerprint density at radius 3 is 2.08 bits per heavy atom. The predicted octanol–water partition coefficient (Wildman–Crippen LogP) is 3.41. The van der Waals surface area contributed by atoms with Crippen LogP contribution in [0, 0.1) is 11.7 Å². The molecular weight excluding hydrogens is 513 g/mol. The molecule has 10 heteroatoms. The molecule has 1 atom stereocenters. The number of sulfonamides is 1. The first-order valence-electron chi connectivity index (χ1n) is 13.1. The molecule has 0 bridgehead atoms. The molecule has 0 amide bonds. The van der Waals surface area contributed by atoms with Crippen LogP contribution in [0.4, 0.5) is 4.39 Å². The van der Waals surface area contributed by atoms with Crippen LogP contribution < -0.4 is 0 Å². The predicted molar refractivity (Wildman–Crippen MR) is 144 cm³/mol. The average molecular weight is 552 g/mol. The van der Waals surface area contributed by atoms with E-state index >= 15 is 0 Å². The SMILES string of the molecule is CS(=O)(=O)N1CCN(C(CCN2CCC(CCS(=O)(=O)c3ccc(F)cc3)CC2)c2ccccc2)CC1. The van der Waals surface area contributed by atoms with E-state index in [0.717, 1.165) is 52.0 Å². The molecule has 2 heterocycles. The molecule has 2 aliphatic rings. The van der Waals surface area contributed by atoms with Gasteiger partial charge in [0.05, 0.1) is 16.9 Å². The molecule has 2 aromatic carbocycles. The largest absolute Gasteiger partial charge is 0.303 e. The number of rotatable bonds is 10. The van der Waals surface area contributed by atoms with Crippen LogP contribution in [0.1, 0.15) is 37.3 Å². The first kappa shape index (κ1) is 28.2. The zero-order chi connectivity index (χ0) is 26.5. The fraction of sp³-hybridized carbons (Fsp3) is 0.556. The van der Waals surface area contributed by atoms with Crippen molar-refractivity contribution in [2.75, 3.05) is 57.8 Å². The molecule has 2 aliphatic heterocycles. The van der Waals surface area contributed by atoms with Crippen LogP contribution in [-0.2, 0) is 19.9 Å². The minimum Gasteiger partial charge on any atom is -0.303 e. The Labute approximate surface area is 221 Å². The second kappa shape index (κ2) is 12.3. The van der Waals surface area contributed by atoms with Crippen molar-refractivity contribution in [2.24, 2.45) is 5.92 Å². The molecule has 0 saturated carbocycles. The van der Waals surface area contributed by atoms with Gasteiger partial charge in [0.15, 0.2) is 9.84 Å². The quantitative estimate of drug-likeness (QED) is 0.421. The number of benzene rings is 2. The van der Waals surface area contributed by atoms with E-state index in [4.69, 9.17) is 0 Å². The van der Waals surface area contributed by atoms with Gasteiger partial charge in [-0.05, 0) is 81.1 Å². The number of sulfone groups is 1. The summed E-state index contributed by atoms with van der Waals surface area (Å²) in [5.41, 5.74) is 1.26. The maximum Gasteiger partial charge on any atom is 0.211 e. The van der Waals surface area contributed by atoms with Crippen molar-refractivity contribution in [1.82, 2.24) is 14.1 Å². The van der Waals surface area contributed by atoms with E-state index in [2.05, 4.69) is 34.1 Å². The molecule has 2 fully saturated rings. The molecule has 4 rings (SSSR count). The van der Waals surface area contributed by atoms with Crippen LogP contribution in [0.5, 0.6) is 0 Å². The summed E-state index contributed by atoms with van der Waals surface area (Å²) in [6, 6.07) is 15.8. The molecule has 0 N–H and O–H groups in total. The van der Waals surface area contributed by atoms with Crippen molar-refractivity contribution in [2.45, 2.75) is 36.6 Å². The highest BCUT2D eigenvalue weighted by molar-refractivity contribution is 7.91. The Bertz CT molecular complexity index is 1210. The molecule has 2 saturated heterocycles. The third kappa shape index (κ3) is 7.83. The van der Waals surface area contributed by atoms with Gasteiger partial charge in [-0.3, -0.25) is 4.90 Å². The van der Waals surface area contributed by atoms with Gasteiger partial charge in [0.25, 0.3) is 0 Å². The summed E-state index contributed by atoms with van der Waals surface area (Å²) in [7, 11) is -6.55. The van der Waals surface area contributed by atoms with E-state index in [9.17, 15) is 21.2 Å². The summed E-state index contributed by atoms with van der Waals surface area (Å²) in [4.78, 5) is 5.06. The van der Waals surface area contributed by atoms with Gasteiger partial charge in [0.2, 0.25) is 10.0 Å². The summed E-state index contributed by atoms with van der Waals surface area (Å²) in [5.74, 6) is 0.0382. The summed E-state index contributed by atoms with van der Waals surface area (Å²) >= 11 is 0. The van der Waals surface area contributed by atoms with Gasteiger partial charge in [-0.2, -0.15) is 4.31 Å². The molecule has 1 unspecified atom stereocenters. The number of halogens is 1. The van der Waals surface area contributed by atoms with E-state index in [-0.39, 0.29) is 16.7 Å².